The maximum atomic E-state index is 12.4. The molecule has 8 heteroatoms. The van der Waals surface area contributed by atoms with Crippen LogP contribution in [-0.2, 0) is 4.79 Å². The number of amides is 2. The molecule has 0 spiro atoms. The van der Waals surface area contributed by atoms with Crippen molar-refractivity contribution in [3.05, 3.63) is 69.1 Å². The molecule has 0 aliphatic rings. The van der Waals surface area contributed by atoms with Gasteiger partial charge >= 0.3 is 0 Å². The van der Waals surface area contributed by atoms with Crippen LogP contribution < -0.4 is 20.3 Å². The number of nitrogens with one attached hydrogen (secondary N) is 2. The van der Waals surface area contributed by atoms with Gasteiger partial charge in [-0.1, -0.05) is 44.2 Å². The number of rotatable bonds is 8. The van der Waals surface area contributed by atoms with Crippen LogP contribution in [0.1, 0.15) is 30.6 Å². The van der Waals surface area contributed by atoms with Gasteiger partial charge in [-0.3, -0.25) is 20.4 Å². The molecule has 0 saturated heterocycles. The summed E-state index contributed by atoms with van der Waals surface area (Å²) >= 11 is 6.94. The third-order valence-electron chi connectivity index (χ3n) is 4.65. The molecule has 2 N–H and O–H groups in total. The van der Waals surface area contributed by atoms with Gasteiger partial charge < -0.3 is 9.47 Å². The molecule has 3 aromatic rings. The van der Waals surface area contributed by atoms with E-state index in [0.717, 1.165) is 21.7 Å². The predicted molar refractivity (Wildman–Crippen MR) is 132 cm³/mol. The van der Waals surface area contributed by atoms with Crippen LogP contribution in [0.5, 0.6) is 11.5 Å². The first-order valence-electron chi connectivity index (χ1n) is 10.2. The lowest BCUT2D eigenvalue weighted by molar-refractivity contribution is -0.123. The van der Waals surface area contributed by atoms with Crippen LogP contribution in [0.2, 0.25) is 0 Å². The second-order valence-electron chi connectivity index (χ2n) is 7.57. The molecule has 0 fully saturated rings. The molecule has 3 rings (SSSR count). The van der Waals surface area contributed by atoms with Gasteiger partial charge in [0.2, 0.25) is 0 Å². The molecule has 0 aliphatic carbocycles. The van der Waals surface area contributed by atoms with E-state index < -0.39 is 11.8 Å². The van der Waals surface area contributed by atoms with Gasteiger partial charge in [0.05, 0.1) is 15.6 Å². The van der Waals surface area contributed by atoms with E-state index in [1.165, 1.54) is 0 Å². The lowest BCUT2D eigenvalue weighted by Crippen LogP contribution is -2.43. The molecule has 2 amide bonds. The minimum Gasteiger partial charge on any atom is -0.492 e. The number of benzene rings is 3. The number of ether oxygens (including phenoxy) is 2. The van der Waals surface area contributed by atoms with Crippen LogP contribution in [0, 0.1) is 5.92 Å². The van der Waals surface area contributed by atoms with Crippen molar-refractivity contribution in [2.45, 2.75) is 20.3 Å². The highest BCUT2D eigenvalue weighted by atomic mass is 79.9. The molecule has 0 saturated carbocycles. The Labute approximate surface area is 203 Å². The number of hydrazine groups is 1. The predicted octanol–water partition coefficient (Wildman–Crippen LogP) is 5.63. The molecule has 0 aromatic heterocycles. The van der Waals surface area contributed by atoms with Gasteiger partial charge in [-0.2, -0.15) is 0 Å². The van der Waals surface area contributed by atoms with Crippen molar-refractivity contribution in [1.82, 2.24) is 10.9 Å². The Kier molecular flexibility index (Phi) is 8.53. The fourth-order valence-electron chi connectivity index (χ4n) is 2.87. The fraction of sp³-hybridized carbons (Fsp3) is 0.250. The van der Waals surface area contributed by atoms with Gasteiger partial charge in [0.25, 0.3) is 11.8 Å². The summed E-state index contributed by atoms with van der Waals surface area (Å²) < 4.78 is 12.8. The van der Waals surface area contributed by atoms with Crippen molar-refractivity contribution < 1.29 is 19.1 Å². The van der Waals surface area contributed by atoms with Gasteiger partial charge in [0.15, 0.2) is 6.61 Å². The Balaban J connectivity index is 1.50. The minimum absolute atomic E-state index is 0.246. The lowest BCUT2D eigenvalue weighted by Gasteiger charge is -2.12. The van der Waals surface area contributed by atoms with Crippen molar-refractivity contribution in [3.8, 4) is 11.5 Å². The van der Waals surface area contributed by atoms with Gasteiger partial charge in [0, 0.05) is 5.56 Å². The van der Waals surface area contributed by atoms with Crippen molar-refractivity contribution in [2.24, 2.45) is 5.92 Å². The Morgan fingerprint density at radius 2 is 1.69 bits per heavy atom. The van der Waals surface area contributed by atoms with E-state index in [1.807, 2.05) is 30.3 Å². The molecule has 0 heterocycles. The van der Waals surface area contributed by atoms with E-state index in [9.17, 15) is 9.59 Å². The van der Waals surface area contributed by atoms with E-state index >= 15 is 0 Å². The van der Waals surface area contributed by atoms with Crippen molar-refractivity contribution in [1.29, 1.82) is 0 Å². The summed E-state index contributed by atoms with van der Waals surface area (Å²) in [6, 6.07) is 16.6. The zero-order valence-electron chi connectivity index (χ0n) is 17.8. The fourth-order valence-corrected chi connectivity index (χ4v) is 3.97. The number of carbonyl (C=O) groups is 2. The number of hydrogen-bond acceptors (Lipinski definition) is 4. The van der Waals surface area contributed by atoms with Gasteiger partial charge in [-0.25, -0.2) is 0 Å². The number of halogens is 2. The molecule has 0 aliphatic heterocycles. The highest BCUT2D eigenvalue weighted by Crippen LogP contribution is 2.33. The maximum absolute atomic E-state index is 12.4. The molecule has 3 aromatic carbocycles. The summed E-state index contributed by atoms with van der Waals surface area (Å²) in [4.78, 5) is 24.5. The second kappa shape index (κ2) is 11.3. The van der Waals surface area contributed by atoms with E-state index in [2.05, 4.69) is 56.6 Å². The van der Waals surface area contributed by atoms with Gasteiger partial charge in [0.1, 0.15) is 11.5 Å². The molecular weight excluding hydrogens is 540 g/mol. The van der Waals surface area contributed by atoms with Crippen molar-refractivity contribution in [3.63, 3.8) is 0 Å². The summed E-state index contributed by atoms with van der Waals surface area (Å²) in [5, 5.41) is 2.05. The van der Waals surface area contributed by atoms with Crippen LogP contribution in [0.25, 0.3) is 10.8 Å². The molecule has 0 unspecified atom stereocenters. The first kappa shape index (κ1) is 24.1. The van der Waals surface area contributed by atoms with Crippen LogP contribution in [0.4, 0.5) is 0 Å². The van der Waals surface area contributed by atoms with E-state index in [0.29, 0.717) is 34.1 Å². The maximum Gasteiger partial charge on any atom is 0.276 e. The Morgan fingerprint density at radius 1 is 0.938 bits per heavy atom. The normalized spacial score (nSPS) is 10.8. The number of fused-ring (bicyclic) bond motifs is 1. The number of carbonyl (C=O) groups excluding carboxylic acids is 2. The molecular formula is C24H24Br2N2O4. The summed E-state index contributed by atoms with van der Waals surface area (Å²) in [6.07, 6.45) is 0.943. The summed E-state index contributed by atoms with van der Waals surface area (Å²) in [6.45, 7) is 4.62. The first-order chi connectivity index (χ1) is 15.3. The molecule has 0 atom stereocenters. The second-order valence-corrected chi connectivity index (χ2v) is 9.21. The molecule has 6 nitrogen and oxygen atoms in total. The third-order valence-corrected chi connectivity index (χ3v) is 6.09. The van der Waals surface area contributed by atoms with E-state index in [1.54, 1.807) is 24.3 Å². The van der Waals surface area contributed by atoms with Crippen LogP contribution in [-0.4, -0.2) is 25.0 Å². The minimum atomic E-state index is -0.480. The van der Waals surface area contributed by atoms with Gasteiger partial charge in [-0.05, 0) is 79.2 Å². The Bertz CT molecular complexity index is 1120. The highest BCUT2D eigenvalue weighted by molar-refractivity contribution is 9.11. The average molecular weight is 564 g/mol. The van der Waals surface area contributed by atoms with Crippen LogP contribution >= 0.6 is 31.9 Å². The Morgan fingerprint density at radius 3 is 2.44 bits per heavy atom. The largest absolute Gasteiger partial charge is 0.492 e. The molecule has 0 radical (unpaired) electrons. The standard InChI is InChI=1S/C24H24Br2N2O4/c1-15(2)11-12-31-20-9-8-17(13-19(20)25)24(30)28-27-22(29)14-32-21-10-7-16-5-3-4-6-18(16)23(21)26/h3-10,13,15H,11-12,14H2,1-2H3,(H,27,29)(H,28,30). The van der Waals surface area contributed by atoms with Crippen molar-refractivity contribution in [2.75, 3.05) is 13.2 Å². The van der Waals surface area contributed by atoms with Crippen molar-refractivity contribution >= 4 is 54.4 Å². The van der Waals surface area contributed by atoms with Crippen LogP contribution in [0.15, 0.2) is 63.5 Å². The summed E-state index contributed by atoms with van der Waals surface area (Å²) in [5.74, 6) is 0.835. The van der Waals surface area contributed by atoms with E-state index in [4.69, 9.17) is 9.47 Å². The topological polar surface area (TPSA) is 76.7 Å². The third kappa shape index (κ3) is 6.46. The first-order valence-corrected chi connectivity index (χ1v) is 11.8. The summed E-state index contributed by atoms with van der Waals surface area (Å²) in [7, 11) is 0. The monoisotopic (exact) mass is 562 g/mol. The quantitative estimate of drug-likeness (QED) is 0.348. The lowest BCUT2D eigenvalue weighted by atomic mass is 10.1. The summed E-state index contributed by atoms with van der Waals surface area (Å²) in [5.41, 5.74) is 5.14. The van der Waals surface area contributed by atoms with Gasteiger partial charge in [-0.15, -0.1) is 0 Å². The average Bonchev–Trinajstić information content (AvgIpc) is 2.78. The SMILES string of the molecule is CC(C)CCOc1ccc(C(=O)NNC(=O)COc2ccc3ccccc3c2Br)cc1Br. The number of hydrogen-bond donors (Lipinski definition) is 2. The zero-order valence-corrected chi connectivity index (χ0v) is 21.0. The molecule has 0 bridgehead atoms. The van der Waals surface area contributed by atoms with E-state index in [-0.39, 0.29) is 6.61 Å². The zero-order chi connectivity index (χ0) is 23.1. The van der Waals surface area contributed by atoms with Crippen LogP contribution in [0.3, 0.4) is 0 Å². The molecule has 32 heavy (non-hydrogen) atoms. The molecule has 168 valence electrons. The smallest absolute Gasteiger partial charge is 0.276 e. The Hall–Kier alpha value is -2.58. The highest BCUT2D eigenvalue weighted by Gasteiger charge is 2.12.